The summed E-state index contributed by atoms with van der Waals surface area (Å²) < 4.78 is 18.9. The Bertz CT molecular complexity index is 769. The zero-order chi connectivity index (χ0) is 14.1. The first-order chi connectivity index (χ1) is 9.66. The van der Waals surface area contributed by atoms with Gasteiger partial charge < -0.3 is 15.6 Å². The van der Waals surface area contributed by atoms with Gasteiger partial charge in [-0.25, -0.2) is 4.39 Å². The summed E-state index contributed by atoms with van der Waals surface area (Å²) in [4.78, 5) is 16.1. The van der Waals surface area contributed by atoms with Gasteiger partial charge in [0, 0.05) is 4.70 Å². The van der Waals surface area contributed by atoms with Gasteiger partial charge in [-0.1, -0.05) is 11.2 Å². The number of amides is 1. The molecular formula is C12H9FN4O2S. The molecule has 0 atom stereocenters. The highest BCUT2D eigenvalue weighted by atomic mass is 32.1. The van der Waals surface area contributed by atoms with Crippen molar-refractivity contribution < 1.29 is 13.7 Å². The number of nitrogens with zero attached hydrogens (tertiary/aromatic N) is 2. The van der Waals surface area contributed by atoms with Gasteiger partial charge in [0.15, 0.2) is 5.82 Å². The number of halogens is 1. The van der Waals surface area contributed by atoms with Crippen molar-refractivity contribution in [1.29, 1.82) is 0 Å². The lowest BCUT2D eigenvalue weighted by Gasteiger charge is -2.01. The summed E-state index contributed by atoms with van der Waals surface area (Å²) >= 11 is 1.14. The largest absolute Gasteiger partial charge is 0.397 e. The van der Waals surface area contributed by atoms with Gasteiger partial charge in [-0.2, -0.15) is 4.98 Å². The molecule has 0 aliphatic heterocycles. The average molecular weight is 292 g/mol. The van der Waals surface area contributed by atoms with Crippen molar-refractivity contribution in [3.63, 3.8) is 0 Å². The number of carbonyl (C=O) groups is 1. The Hall–Kier alpha value is -2.48. The number of nitrogens with one attached hydrogen (secondary N) is 1. The third kappa shape index (κ3) is 2.10. The van der Waals surface area contributed by atoms with Gasteiger partial charge in [-0.05, 0) is 12.1 Å². The quantitative estimate of drug-likeness (QED) is 0.769. The zero-order valence-electron chi connectivity index (χ0n) is 10.1. The van der Waals surface area contributed by atoms with E-state index in [-0.39, 0.29) is 22.5 Å². The molecule has 3 aromatic rings. The summed E-state index contributed by atoms with van der Waals surface area (Å²) in [6.45, 7) is 0.117. The molecular weight excluding hydrogens is 283 g/mol. The zero-order valence-corrected chi connectivity index (χ0v) is 10.9. The van der Waals surface area contributed by atoms with Crippen LogP contribution in [0.15, 0.2) is 29.1 Å². The molecule has 8 heteroatoms. The number of carbonyl (C=O) groups excluding carboxylic acids is 1. The Balaban J connectivity index is 1.88. The molecule has 0 bridgehead atoms. The van der Waals surface area contributed by atoms with Gasteiger partial charge >= 0.3 is 0 Å². The van der Waals surface area contributed by atoms with E-state index in [0.717, 1.165) is 11.3 Å². The Kier molecular flexibility index (Phi) is 3.07. The minimum absolute atomic E-state index is 0.117. The van der Waals surface area contributed by atoms with E-state index in [1.165, 1.54) is 12.5 Å². The van der Waals surface area contributed by atoms with Gasteiger partial charge in [-0.3, -0.25) is 4.79 Å². The number of aromatic nitrogens is 2. The van der Waals surface area contributed by atoms with Crippen LogP contribution in [0.25, 0.3) is 10.1 Å². The molecule has 0 aliphatic rings. The van der Waals surface area contributed by atoms with Crippen LogP contribution in [0.2, 0.25) is 0 Å². The second kappa shape index (κ2) is 4.89. The molecule has 2 aromatic heterocycles. The minimum Gasteiger partial charge on any atom is -0.397 e. The Morgan fingerprint density at radius 2 is 2.35 bits per heavy atom. The highest BCUT2D eigenvalue weighted by Crippen LogP contribution is 2.35. The molecule has 2 heterocycles. The van der Waals surface area contributed by atoms with E-state index in [1.807, 2.05) is 0 Å². The molecule has 0 saturated carbocycles. The van der Waals surface area contributed by atoms with Crippen molar-refractivity contribution in [3.8, 4) is 0 Å². The van der Waals surface area contributed by atoms with Gasteiger partial charge in [0.1, 0.15) is 10.7 Å². The number of benzene rings is 1. The maximum absolute atomic E-state index is 13.7. The van der Waals surface area contributed by atoms with E-state index in [0.29, 0.717) is 10.5 Å². The molecule has 0 unspecified atom stereocenters. The molecule has 1 amide bonds. The van der Waals surface area contributed by atoms with Crippen molar-refractivity contribution in [2.45, 2.75) is 6.54 Å². The predicted octanol–water partition coefficient (Wildman–Crippen LogP) is 1.94. The predicted molar refractivity (Wildman–Crippen MR) is 71.7 cm³/mol. The summed E-state index contributed by atoms with van der Waals surface area (Å²) in [5.74, 6) is -0.481. The van der Waals surface area contributed by atoms with Gasteiger partial charge in [0.2, 0.25) is 6.39 Å². The molecule has 0 radical (unpaired) electrons. The first-order valence-corrected chi connectivity index (χ1v) is 6.48. The molecule has 20 heavy (non-hydrogen) atoms. The fraction of sp³-hybridized carbons (Fsp3) is 0.0833. The topological polar surface area (TPSA) is 94.0 Å². The van der Waals surface area contributed by atoms with E-state index in [1.54, 1.807) is 12.1 Å². The molecule has 3 N–H and O–H groups in total. The molecule has 102 valence electrons. The second-order valence-corrected chi connectivity index (χ2v) is 5.04. The summed E-state index contributed by atoms with van der Waals surface area (Å²) in [6.07, 6.45) is 1.17. The first-order valence-electron chi connectivity index (χ1n) is 5.66. The second-order valence-electron chi connectivity index (χ2n) is 3.99. The average Bonchev–Trinajstić information content (AvgIpc) is 3.05. The number of hydrogen-bond acceptors (Lipinski definition) is 6. The summed E-state index contributed by atoms with van der Waals surface area (Å²) in [5, 5.41) is 6.46. The first kappa shape index (κ1) is 12.5. The number of fused-ring (bicyclic) bond motifs is 1. The molecule has 6 nitrogen and oxygen atoms in total. The Labute approximate surface area is 116 Å². The van der Waals surface area contributed by atoms with Crippen LogP contribution in [-0.4, -0.2) is 16.0 Å². The number of nitrogen functional groups attached to an aromatic ring is 1. The SMILES string of the molecule is Nc1c(C(=O)NCc2ncon2)sc2cccc(F)c12. The van der Waals surface area contributed by atoms with Crippen LogP contribution in [0.5, 0.6) is 0 Å². The Morgan fingerprint density at radius 1 is 1.50 bits per heavy atom. The Morgan fingerprint density at radius 3 is 3.05 bits per heavy atom. The summed E-state index contributed by atoms with van der Waals surface area (Å²) in [7, 11) is 0. The lowest BCUT2D eigenvalue weighted by Crippen LogP contribution is -2.23. The van der Waals surface area contributed by atoms with Crippen LogP contribution in [0.3, 0.4) is 0 Å². The summed E-state index contributed by atoms with van der Waals surface area (Å²) in [6, 6.07) is 4.61. The van der Waals surface area contributed by atoms with E-state index >= 15 is 0 Å². The van der Waals surface area contributed by atoms with Crippen LogP contribution in [-0.2, 0) is 6.54 Å². The molecule has 0 fully saturated rings. The lowest BCUT2D eigenvalue weighted by molar-refractivity contribution is 0.0954. The van der Waals surface area contributed by atoms with Crippen molar-refractivity contribution >= 4 is 33.0 Å². The standard InChI is InChI=1S/C12H9FN4O2S/c13-6-2-1-3-7-9(6)10(14)11(20-7)12(18)15-4-8-16-5-19-17-8/h1-3,5H,4,14H2,(H,15,18). The highest BCUT2D eigenvalue weighted by molar-refractivity contribution is 7.21. The number of nitrogens with two attached hydrogens (primary N) is 1. The van der Waals surface area contributed by atoms with Crippen LogP contribution < -0.4 is 11.1 Å². The van der Waals surface area contributed by atoms with Gasteiger partial charge in [-0.15, -0.1) is 11.3 Å². The lowest BCUT2D eigenvalue weighted by atomic mass is 10.2. The van der Waals surface area contributed by atoms with E-state index in [9.17, 15) is 9.18 Å². The number of rotatable bonds is 3. The fourth-order valence-corrected chi connectivity index (χ4v) is 2.86. The maximum atomic E-state index is 13.7. The molecule has 0 spiro atoms. The summed E-state index contributed by atoms with van der Waals surface area (Å²) in [5.41, 5.74) is 6.00. The van der Waals surface area contributed by atoms with Crippen LogP contribution >= 0.6 is 11.3 Å². The minimum atomic E-state index is -0.437. The van der Waals surface area contributed by atoms with Gasteiger partial charge in [0.25, 0.3) is 5.91 Å². The number of thiophene rings is 1. The number of hydrogen-bond donors (Lipinski definition) is 2. The fourth-order valence-electron chi connectivity index (χ4n) is 1.81. The van der Waals surface area contributed by atoms with Crippen LogP contribution in [0.4, 0.5) is 10.1 Å². The highest BCUT2D eigenvalue weighted by Gasteiger charge is 2.18. The van der Waals surface area contributed by atoms with E-state index in [4.69, 9.17) is 5.73 Å². The third-order valence-electron chi connectivity index (χ3n) is 2.72. The molecule has 3 rings (SSSR count). The number of anilines is 1. The van der Waals surface area contributed by atoms with E-state index in [2.05, 4.69) is 20.0 Å². The van der Waals surface area contributed by atoms with Crippen molar-refractivity contribution in [2.75, 3.05) is 5.73 Å². The van der Waals surface area contributed by atoms with Gasteiger partial charge in [0.05, 0.1) is 17.6 Å². The van der Waals surface area contributed by atoms with Crippen molar-refractivity contribution in [1.82, 2.24) is 15.5 Å². The molecule has 0 aliphatic carbocycles. The van der Waals surface area contributed by atoms with Crippen LogP contribution in [0.1, 0.15) is 15.5 Å². The normalized spacial score (nSPS) is 10.8. The molecule has 0 saturated heterocycles. The van der Waals surface area contributed by atoms with Crippen molar-refractivity contribution in [2.24, 2.45) is 0 Å². The van der Waals surface area contributed by atoms with E-state index < -0.39 is 11.7 Å². The van der Waals surface area contributed by atoms with Crippen LogP contribution in [0, 0.1) is 5.82 Å². The third-order valence-corrected chi connectivity index (χ3v) is 3.89. The van der Waals surface area contributed by atoms with Crippen molar-refractivity contribution in [3.05, 3.63) is 41.1 Å². The monoisotopic (exact) mass is 292 g/mol. The molecule has 1 aromatic carbocycles. The maximum Gasteiger partial charge on any atom is 0.263 e. The smallest absolute Gasteiger partial charge is 0.263 e.